The van der Waals surface area contributed by atoms with Crippen LogP contribution in [0, 0.1) is 0 Å². The SMILES string of the molecule is COc1ccc(S(=O)(=O)Nc2ncccc2Br)cc1CN. The van der Waals surface area contributed by atoms with E-state index in [0.717, 1.165) is 0 Å². The molecule has 0 fully saturated rings. The molecule has 6 nitrogen and oxygen atoms in total. The fourth-order valence-corrected chi connectivity index (χ4v) is 3.29. The number of nitrogens with one attached hydrogen (secondary N) is 1. The van der Waals surface area contributed by atoms with Gasteiger partial charge in [0.15, 0.2) is 5.82 Å². The number of rotatable bonds is 5. The molecule has 0 spiro atoms. The zero-order valence-corrected chi connectivity index (χ0v) is 13.6. The Kier molecular flexibility index (Phi) is 4.81. The van der Waals surface area contributed by atoms with Gasteiger partial charge >= 0.3 is 0 Å². The summed E-state index contributed by atoms with van der Waals surface area (Å²) in [5.74, 6) is 0.776. The number of nitrogens with zero attached hydrogens (tertiary/aromatic N) is 1. The first-order valence-corrected chi connectivity index (χ1v) is 8.26. The molecule has 0 aliphatic carbocycles. The van der Waals surface area contributed by atoms with E-state index in [9.17, 15) is 8.42 Å². The van der Waals surface area contributed by atoms with Crippen molar-refractivity contribution in [2.45, 2.75) is 11.4 Å². The van der Waals surface area contributed by atoms with Crippen molar-refractivity contribution in [1.29, 1.82) is 0 Å². The lowest BCUT2D eigenvalue weighted by molar-refractivity contribution is 0.409. The molecular formula is C13H14BrN3O3S. The molecule has 0 atom stereocenters. The van der Waals surface area contributed by atoms with Gasteiger partial charge in [0.05, 0.1) is 16.5 Å². The Hall–Kier alpha value is -1.64. The van der Waals surface area contributed by atoms with Gasteiger partial charge in [-0.2, -0.15) is 0 Å². The summed E-state index contributed by atoms with van der Waals surface area (Å²) in [6.45, 7) is 0.180. The molecule has 0 bridgehead atoms. The first-order chi connectivity index (χ1) is 9.97. The summed E-state index contributed by atoms with van der Waals surface area (Å²) in [7, 11) is -2.24. The summed E-state index contributed by atoms with van der Waals surface area (Å²) in [4.78, 5) is 4.08. The van der Waals surface area contributed by atoms with Crippen molar-refractivity contribution in [1.82, 2.24) is 4.98 Å². The average Bonchev–Trinajstić information content (AvgIpc) is 2.48. The predicted octanol–water partition coefficient (Wildman–Crippen LogP) is 2.11. The van der Waals surface area contributed by atoms with Gasteiger partial charge in [-0.1, -0.05) is 0 Å². The number of halogens is 1. The highest BCUT2D eigenvalue weighted by Gasteiger charge is 2.18. The maximum atomic E-state index is 12.4. The molecule has 0 aliphatic heterocycles. The van der Waals surface area contributed by atoms with Gasteiger partial charge in [0.25, 0.3) is 10.0 Å². The van der Waals surface area contributed by atoms with E-state index in [2.05, 4.69) is 25.6 Å². The number of hydrogen-bond acceptors (Lipinski definition) is 5. The van der Waals surface area contributed by atoms with Crippen LogP contribution in [-0.2, 0) is 16.6 Å². The molecule has 0 saturated carbocycles. The number of aromatic nitrogens is 1. The Labute approximate surface area is 131 Å². The summed E-state index contributed by atoms with van der Waals surface area (Å²) >= 11 is 3.24. The fraction of sp³-hybridized carbons (Fsp3) is 0.154. The Morgan fingerprint density at radius 2 is 2.14 bits per heavy atom. The molecule has 3 N–H and O–H groups in total. The monoisotopic (exact) mass is 371 g/mol. The quantitative estimate of drug-likeness (QED) is 0.839. The maximum Gasteiger partial charge on any atom is 0.263 e. The minimum Gasteiger partial charge on any atom is -0.496 e. The number of anilines is 1. The molecule has 8 heteroatoms. The predicted molar refractivity (Wildman–Crippen MR) is 83.6 cm³/mol. The second kappa shape index (κ2) is 6.42. The third-order valence-electron chi connectivity index (χ3n) is 2.77. The van der Waals surface area contributed by atoms with Crippen LogP contribution in [0.3, 0.4) is 0 Å². The van der Waals surface area contributed by atoms with E-state index in [4.69, 9.17) is 10.5 Å². The van der Waals surface area contributed by atoms with Crippen LogP contribution in [-0.4, -0.2) is 20.5 Å². The van der Waals surface area contributed by atoms with Gasteiger partial charge in [-0.05, 0) is 46.3 Å². The minimum atomic E-state index is -3.75. The molecule has 0 radical (unpaired) electrons. The molecule has 2 rings (SSSR count). The molecule has 0 saturated heterocycles. The molecule has 2 aromatic rings. The molecule has 0 amide bonds. The van der Waals surface area contributed by atoms with Crippen molar-refractivity contribution in [2.75, 3.05) is 11.8 Å². The van der Waals surface area contributed by atoms with E-state index in [1.165, 1.54) is 25.4 Å². The number of ether oxygens (including phenoxy) is 1. The number of nitrogens with two attached hydrogens (primary N) is 1. The van der Waals surface area contributed by atoms with Gasteiger partial charge in [-0.3, -0.25) is 4.72 Å². The second-order valence-corrected chi connectivity index (χ2v) is 6.65. The number of benzene rings is 1. The number of sulfonamides is 1. The van der Waals surface area contributed by atoms with E-state index in [0.29, 0.717) is 15.8 Å². The fourth-order valence-electron chi connectivity index (χ4n) is 1.73. The molecule has 1 heterocycles. The highest BCUT2D eigenvalue weighted by Crippen LogP contribution is 2.25. The Morgan fingerprint density at radius 1 is 1.38 bits per heavy atom. The van der Waals surface area contributed by atoms with Gasteiger partial charge < -0.3 is 10.5 Å². The average molecular weight is 372 g/mol. The van der Waals surface area contributed by atoms with Gasteiger partial charge in [0, 0.05) is 18.3 Å². The molecule has 0 unspecified atom stereocenters. The van der Waals surface area contributed by atoms with Crippen molar-refractivity contribution >= 4 is 31.8 Å². The summed E-state index contributed by atoms with van der Waals surface area (Å²) in [5, 5.41) is 0. The lowest BCUT2D eigenvalue weighted by atomic mass is 10.2. The Bertz CT molecular complexity index is 750. The summed E-state index contributed by atoms with van der Waals surface area (Å²) in [6, 6.07) is 7.91. The lowest BCUT2D eigenvalue weighted by Gasteiger charge is -2.11. The Balaban J connectivity index is 2.38. The van der Waals surface area contributed by atoms with E-state index < -0.39 is 10.0 Å². The lowest BCUT2D eigenvalue weighted by Crippen LogP contribution is -2.15. The minimum absolute atomic E-state index is 0.0984. The highest BCUT2D eigenvalue weighted by molar-refractivity contribution is 9.10. The first kappa shape index (κ1) is 15.7. The molecular weight excluding hydrogens is 358 g/mol. The topological polar surface area (TPSA) is 94.3 Å². The second-order valence-electron chi connectivity index (χ2n) is 4.12. The van der Waals surface area contributed by atoms with E-state index in [1.807, 2.05) is 0 Å². The van der Waals surface area contributed by atoms with Crippen molar-refractivity contribution < 1.29 is 13.2 Å². The number of methoxy groups -OCH3 is 1. The van der Waals surface area contributed by atoms with Crippen LogP contribution in [0.5, 0.6) is 5.75 Å². The highest BCUT2D eigenvalue weighted by atomic mass is 79.9. The summed E-state index contributed by atoms with van der Waals surface area (Å²) in [6.07, 6.45) is 1.50. The van der Waals surface area contributed by atoms with Crippen molar-refractivity contribution in [3.05, 3.63) is 46.6 Å². The number of pyridine rings is 1. The van der Waals surface area contributed by atoms with Gasteiger partial charge in [-0.15, -0.1) is 0 Å². The van der Waals surface area contributed by atoms with Crippen LogP contribution in [0.4, 0.5) is 5.82 Å². The summed E-state index contributed by atoms with van der Waals surface area (Å²) < 4.78 is 32.8. The van der Waals surface area contributed by atoms with E-state index >= 15 is 0 Å². The molecule has 21 heavy (non-hydrogen) atoms. The third kappa shape index (κ3) is 3.52. The van der Waals surface area contributed by atoms with Crippen molar-refractivity contribution in [3.63, 3.8) is 0 Å². The summed E-state index contributed by atoms with van der Waals surface area (Å²) in [5.41, 5.74) is 6.21. The van der Waals surface area contributed by atoms with Gasteiger partial charge in [0.2, 0.25) is 0 Å². The van der Waals surface area contributed by atoms with E-state index in [-0.39, 0.29) is 17.3 Å². The van der Waals surface area contributed by atoms with Gasteiger partial charge in [-0.25, -0.2) is 13.4 Å². The van der Waals surface area contributed by atoms with Crippen LogP contribution in [0.15, 0.2) is 45.9 Å². The smallest absolute Gasteiger partial charge is 0.263 e. The molecule has 112 valence electrons. The Morgan fingerprint density at radius 3 is 2.76 bits per heavy atom. The molecule has 1 aromatic heterocycles. The van der Waals surface area contributed by atoms with Crippen LogP contribution >= 0.6 is 15.9 Å². The largest absolute Gasteiger partial charge is 0.496 e. The van der Waals surface area contributed by atoms with Crippen molar-refractivity contribution in [2.24, 2.45) is 5.73 Å². The normalized spacial score (nSPS) is 11.2. The van der Waals surface area contributed by atoms with Crippen LogP contribution in [0.25, 0.3) is 0 Å². The van der Waals surface area contributed by atoms with E-state index in [1.54, 1.807) is 18.2 Å². The van der Waals surface area contributed by atoms with Crippen LogP contribution in [0.2, 0.25) is 0 Å². The molecule has 1 aromatic carbocycles. The zero-order valence-electron chi connectivity index (χ0n) is 11.2. The van der Waals surface area contributed by atoms with Crippen molar-refractivity contribution in [3.8, 4) is 5.75 Å². The number of hydrogen-bond donors (Lipinski definition) is 2. The van der Waals surface area contributed by atoms with Crippen LogP contribution < -0.4 is 15.2 Å². The third-order valence-corrected chi connectivity index (χ3v) is 4.75. The van der Waals surface area contributed by atoms with Crippen LogP contribution in [0.1, 0.15) is 5.56 Å². The zero-order chi connectivity index (χ0) is 15.5. The molecule has 0 aliphatic rings. The van der Waals surface area contributed by atoms with Gasteiger partial charge in [0.1, 0.15) is 5.75 Å². The first-order valence-electron chi connectivity index (χ1n) is 5.98. The standard InChI is InChI=1S/C13H14BrN3O3S/c1-20-12-5-4-10(7-9(12)8-15)21(18,19)17-13-11(14)3-2-6-16-13/h2-7H,8,15H2,1H3,(H,16,17). The maximum absolute atomic E-state index is 12.4.